The molecule has 2 aliphatic heterocycles. The summed E-state index contributed by atoms with van der Waals surface area (Å²) in [5.41, 5.74) is 2.54. The summed E-state index contributed by atoms with van der Waals surface area (Å²) in [5, 5.41) is 2.99. The number of amides is 1. The van der Waals surface area contributed by atoms with Crippen molar-refractivity contribution in [1.82, 2.24) is 14.5 Å². The molecule has 8 heteroatoms. The standard InChI is InChI=1S/C26H29N3O4S/c30-26(27-18-24(25-11-6-16-33-25)28-13-3-4-14-28)21-9-5-10-23(17-21)34(31,32)29-15-12-20-7-1-2-8-22(20)19-29/h1-2,5-11,16-17,24H,3-4,12-15,18-19H2,(H,27,30). The first-order chi connectivity index (χ1) is 16.5. The van der Waals surface area contributed by atoms with E-state index in [9.17, 15) is 13.2 Å². The molecule has 3 aromatic rings. The van der Waals surface area contributed by atoms with Gasteiger partial charge >= 0.3 is 0 Å². The Kier molecular flexibility index (Phi) is 6.54. The van der Waals surface area contributed by atoms with Gasteiger partial charge in [-0.2, -0.15) is 4.31 Å². The van der Waals surface area contributed by atoms with E-state index < -0.39 is 10.0 Å². The van der Waals surface area contributed by atoms with Crippen LogP contribution in [0, 0.1) is 0 Å². The molecule has 0 saturated carbocycles. The zero-order valence-corrected chi connectivity index (χ0v) is 19.8. The molecule has 1 N–H and O–H groups in total. The molecule has 3 heterocycles. The number of nitrogens with one attached hydrogen (secondary N) is 1. The van der Waals surface area contributed by atoms with Crippen LogP contribution in [0.2, 0.25) is 0 Å². The van der Waals surface area contributed by atoms with E-state index in [1.807, 2.05) is 36.4 Å². The first-order valence-electron chi connectivity index (χ1n) is 11.7. The van der Waals surface area contributed by atoms with E-state index in [4.69, 9.17) is 4.42 Å². The number of likely N-dealkylation sites (tertiary alicyclic amines) is 1. The maximum absolute atomic E-state index is 13.3. The summed E-state index contributed by atoms with van der Waals surface area (Å²) in [6.07, 6.45) is 4.59. The Balaban J connectivity index is 1.30. The fourth-order valence-electron chi connectivity index (χ4n) is 4.86. The Bertz CT molecular complexity index is 1250. The highest BCUT2D eigenvalue weighted by molar-refractivity contribution is 7.89. The second-order valence-corrected chi connectivity index (χ2v) is 10.8. The Morgan fingerprint density at radius 2 is 1.76 bits per heavy atom. The van der Waals surface area contributed by atoms with Crippen molar-refractivity contribution >= 4 is 15.9 Å². The van der Waals surface area contributed by atoms with E-state index in [2.05, 4.69) is 10.2 Å². The summed E-state index contributed by atoms with van der Waals surface area (Å²) in [7, 11) is -3.71. The Morgan fingerprint density at radius 1 is 0.971 bits per heavy atom. The number of carbonyl (C=O) groups is 1. The van der Waals surface area contributed by atoms with E-state index in [0.29, 0.717) is 31.6 Å². The van der Waals surface area contributed by atoms with Gasteiger partial charge in [-0.25, -0.2) is 8.42 Å². The van der Waals surface area contributed by atoms with E-state index >= 15 is 0 Å². The number of furan rings is 1. The number of benzene rings is 2. The number of sulfonamides is 1. The first kappa shape index (κ1) is 22.8. The van der Waals surface area contributed by atoms with Crippen LogP contribution < -0.4 is 5.32 Å². The molecule has 0 aliphatic carbocycles. The predicted molar refractivity (Wildman–Crippen MR) is 129 cm³/mol. The third kappa shape index (κ3) is 4.66. The molecule has 1 aromatic heterocycles. The van der Waals surface area contributed by atoms with Crippen molar-refractivity contribution in [2.45, 2.75) is 36.7 Å². The van der Waals surface area contributed by atoms with Gasteiger partial charge in [-0.05, 0) is 73.8 Å². The van der Waals surface area contributed by atoms with Crippen molar-refractivity contribution in [3.8, 4) is 0 Å². The van der Waals surface area contributed by atoms with Gasteiger partial charge < -0.3 is 9.73 Å². The lowest BCUT2D eigenvalue weighted by atomic mass is 10.0. The van der Waals surface area contributed by atoms with Crippen LogP contribution in [-0.4, -0.2) is 49.7 Å². The van der Waals surface area contributed by atoms with E-state index in [0.717, 1.165) is 37.3 Å². The zero-order chi connectivity index (χ0) is 23.5. The van der Waals surface area contributed by atoms with Crippen molar-refractivity contribution in [2.75, 3.05) is 26.2 Å². The molecule has 0 radical (unpaired) electrons. The third-order valence-corrected chi connectivity index (χ3v) is 8.58. The molecule has 1 amide bonds. The Hall–Kier alpha value is -2.94. The number of hydrogen-bond acceptors (Lipinski definition) is 5. The average Bonchev–Trinajstić information content (AvgIpc) is 3.59. The van der Waals surface area contributed by atoms with Crippen LogP contribution in [0.4, 0.5) is 0 Å². The number of hydrogen-bond donors (Lipinski definition) is 1. The Morgan fingerprint density at radius 3 is 2.53 bits per heavy atom. The van der Waals surface area contributed by atoms with Crippen LogP contribution in [0.3, 0.4) is 0 Å². The monoisotopic (exact) mass is 479 g/mol. The lowest BCUT2D eigenvalue weighted by Gasteiger charge is -2.28. The quantitative estimate of drug-likeness (QED) is 0.560. The van der Waals surface area contributed by atoms with Gasteiger partial charge in [0, 0.05) is 25.2 Å². The van der Waals surface area contributed by atoms with Crippen molar-refractivity contribution in [2.24, 2.45) is 0 Å². The molecular weight excluding hydrogens is 450 g/mol. The van der Waals surface area contributed by atoms with E-state index in [1.54, 1.807) is 24.5 Å². The second-order valence-electron chi connectivity index (χ2n) is 8.87. The van der Waals surface area contributed by atoms with Gasteiger partial charge in [-0.15, -0.1) is 0 Å². The molecule has 2 aromatic carbocycles. The topological polar surface area (TPSA) is 82.9 Å². The highest BCUT2D eigenvalue weighted by Crippen LogP contribution is 2.27. The van der Waals surface area contributed by atoms with Crippen LogP contribution in [0.25, 0.3) is 0 Å². The molecule has 2 aliphatic rings. The van der Waals surface area contributed by atoms with Crippen molar-refractivity contribution in [3.05, 3.63) is 89.4 Å². The van der Waals surface area contributed by atoms with Gasteiger partial charge in [0.1, 0.15) is 5.76 Å². The maximum atomic E-state index is 13.3. The number of rotatable bonds is 7. The average molecular weight is 480 g/mol. The summed E-state index contributed by atoms with van der Waals surface area (Å²) in [6, 6.07) is 18.0. The van der Waals surface area contributed by atoms with Gasteiger partial charge in [-0.3, -0.25) is 9.69 Å². The number of nitrogens with zero attached hydrogens (tertiary/aromatic N) is 2. The normalized spacial score (nSPS) is 17.9. The second kappa shape index (κ2) is 9.74. The minimum absolute atomic E-state index is 0.0400. The third-order valence-electron chi connectivity index (χ3n) is 6.74. The van der Waals surface area contributed by atoms with Crippen molar-refractivity contribution in [1.29, 1.82) is 0 Å². The summed E-state index contributed by atoms with van der Waals surface area (Å²) in [6.45, 7) is 3.10. The van der Waals surface area contributed by atoms with Gasteiger partial charge in [0.05, 0.1) is 17.2 Å². The molecule has 178 valence electrons. The molecule has 1 atom stereocenters. The maximum Gasteiger partial charge on any atom is 0.251 e. The molecule has 34 heavy (non-hydrogen) atoms. The van der Waals surface area contributed by atoms with Gasteiger partial charge in [0.15, 0.2) is 0 Å². The molecular formula is C26H29N3O4S. The fourth-order valence-corrected chi connectivity index (χ4v) is 6.32. The largest absolute Gasteiger partial charge is 0.468 e. The Labute approximate surface area is 200 Å². The summed E-state index contributed by atoms with van der Waals surface area (Å²) < 4.78 is 33.8. The molecule has 0 bridgehead atoms. The van der Waals surface area contributed by atoms with Crippen LogP contribution in [0.15, 0.2) is 76.2 Å². The summed E-state index contributed by atoms with van der Waals surface area (Å²) >= 11 is 0. The summed E-state index contributed by atoms with van der Waals surface area (Å²) in [5.74, 6) is 0.528. The molecule has 1 saturated heterocycles. The molecule has 1 unspecified atom stereocenters. The lowest BCUT2D eigenvalue weighted by molar-refractivity contribution is 0.0933. The minimum Gasteiger partial charge on any atom is -0.468 e. The molecule has 7 nitrogen and oxygen atoms in total. The number of carbonyl (C=O) groups excluding carboxylic acids is 1. The van der Waals surface area contributed by atoms with Crippen molar-refractivity contribution in [3.63, 3.8) is 0 Å². The van der Waals surface area contributed by atoms with E-state index in [-0.39, 0.29) is 16.8 Å². The summed E-state index contributed by atoms with van der Waals surface area (Å²) in [4.78, 5) is 15.4. The SMILES string of the molecule is O=C(NCC(c1ccco1)N1CCCC1)c1cccc(S(=O)(=O)N2CCc3ccccc3C2)c1. The highest BCUT2D eigenvalue weighted by Gasteiger charge is 2.29. The predicted octanol–water partition coefficient (Wildman–Crippen LogP) is 3.59. The van der Waals surface area contributed by atoms with Crippen molar-refractivity contribution < 1.29 is 17.6 Å². The van der Waals surface area contributed by atoms with Crippen LogP contribution in [0.5, 0.6) is 0 Å². The smallest absolute Gasteiger partial charge is 0.251 e. The number of fused-ring (bicyclic) bond motifs is 1. The minimum atomic E-state index is -3.71. The van der Waals surface area contributed by atoms with Crippen LogP contribution >= 0.6 is 0 Å². The van der Waals surface area contributed by atoms with Crippen LogP contribution in [-0.2, 0) is 23.0 Å². The van der Waals surface area contributed by atoms with Gasteiger partial charge in [-0.1, -0.05) is 30.3 Å². The van der Waals surface area contributed by atoms with Gasteiger partial charge in [0.25, 0.3) is 5.91 Å². The lowest BCUT2D eigenvalue weighted by Crippen LogP contribution is -2.37. The first-order valence-corrected chi connectivity index (χ1v) is 13.2. The van der Waals surface area contributed by atoms with Gasteiger partial charge in [0.2, 0.25) is 10.0 Å². The molecule has 1 fully saturated rings. The van der Waals surface area contributed by atoms with E-state index in [1.165, 1.54) is 15.9 Å². The molecule has 0 spiro atoms. The fraction of sp³-hybridized carbons (Fsp3) is 0.346. The zero-order valence-electron chi connectivity index (χ0n) is 19.0. The van der Waals surface area contributed by atoms with Crippen LogP contribution in [0.1, 0.15) is 46.1 Å². The molecule has 5 rings (SSSR count). The highest BCUT2D eigenvalue weighted by atomic mass is 32.2.